The average Bonchev–Trinajstić information content (AvgIpc) is 3.38. The van der Waals surface area contributed by atoms with Gasteiger partial charge in [-0.1, -0.05) is 84.6 Å². The molecule has 0 unspecified atom stereocenters. The number of aromatic nitrogens is 4. The van der Waals surface area contributed by atoms with Crippen molar-refractivity contribution >= 4 is 33.6 Å². The molecule has 0 saturated heterocycles. The van der Waals surface area contributed by atoms with Crippen LogP contribution in [-0.4, -0.2) is 36.3 Å². The van der Waals surface area contributed by atoms with Crippen LogP contribution in [0.1, 0.15) is 11.4 Å². The van der Waals surface area contributed by atoms with E-state index in [4.69, 9.17) is 0 Å². The summed E-state index contributed by atoms with van der Waals surface area (Å²) in [6.45, 7) is 5.05. The Bertz CT molecular complexity index is 1340. The monoisotopic (exact) mass is 454 g/mol. The van der Waals surface area contributed by atoms with Crippen LogP contribution < -0.4 is 0 Å². The Morgan fingerprint density at radius 3 is 2.15 bits per heavy atom. The molecule has 0 saturated carbocycles. The lowest BCUT2D eigenvalue weighted by molar-refractivity contribution is 0.181. The van der Waals surface area contributed by atoms with Gasteiger partial charge in [0.2, 0.25) is 0 Å². The molecular weight excluding hydrogens is 428 g/mol. The molecule has 33 heavy (non-hydrogen) atoms. The van der Waals surface area contributed by atoms with E-state index in [-0.39, 0.29) is 0 Å². The maximum absolute atomic E-state index is 10.9. The summed E-state index contributed by atoms with van der Waals surface area (Å²) in [6.07, 6.45) is 2.04. The second kappa shape index (κ2) is 9.65. The fourth-order valence-electron chi connectivity index (χ4n) is 4.28. The molecular formula is C27H26N4OS. The number of hydrogen-bond donors (Lipinski definition) is 1. The van der Waals surface area contributed by atoms with Crippen molar-refractivity contribution in [1.82, 2.24) is 19.3 Å². The van der Waals surface area contributed by atoms with Gasteiger partial charge in [0, 0.05) is 40.5 Å². The van der Waals surface area contributed by atoms with Gasteiger partial charge in [0.25, 0.3) is 0 Å². The molecule has 0 spiro atoms. The molecule has 1 N–H and O–H groups in total. The molecule has 5 aromatic rings. The van der Waals surface area contributed by atoms with Crippen molar-refractivity contribution in [2.45, 2.75) is 30.8 Å². The third kappa shape index (κ3) is 4.45. The summed E-state index contributed by atoms with van der Waals surface area (Å²) in [6, 6.07) is 27.0. The van der Waals surface area contributed by atoms with E-state index < -0.39 is 6.10 Å². The number of benzene rings is 3. The van der Waals surface area contributed by atoms with Gasteiger partial charge < -0.3 is 14.2 Å². The van der Waals surface area contributed by atoms with Crippen LogP contribution in [0.4, 0.5) is 0 Å². The molecule has 0 aliphatic carbocycles. The highest BCUT2D eigenvalue weighted by Gasteiger charge is 2.17. The lowest BCUT2D eigenvalue weighted by atomic mass is 10.1. The first kappa shape index (κ1) is 21.5. The first-order valence-electron chi connectivity index (χ1n) is 11.1. The van der Waals surface area contributed by atoms with Crippen LogP contribution in [-0.2, 0) is 19.5 Å². The van der Waals surface area contributed by atoms with Gasteiger partial charge >= 0.3 is 0 Å². The number of aliphatic hydroxyl groups is 1. The van der Waals surface area contributed by atoms with Gasteiger partial charge in [-0.05, 0) is 17.7 Å². The lowest BCUT2D eigenvalue weighted by Crippen LogP contribution is -2.19. The van der Waals surface area contributed by atoms with Crippen LogP contribution in [0, 0.1) is 0 Å². The number of rotatable bonds is 9. The highest BCUT2D eigenvalue weighted by atomic mass is 32.2. The Labute approximate surface area is 197 Å². The van der Waals surface area contributed by atoms with E-state index in [1.165, 1.54) is 28.1 Å². The van der Waals surface area contributed by atoms with E-state index >= 15 is 0 Å². The van der Waals surface area contributed by atoms with E-state index in [0.717, 1.165) is 22.0 Å². The Kier molecular flexibility index (Phi) is 6.28. The summed E-state index contributed by atoms with van der Waals surface area (Å²) in [5.41, 5.74) is 3.48. The van der Waals surface area contributed by atoms with E-state index in [9.17, 15) is 5.11 Å². The third-order valence-electron chi connectivity index (χ3n) is 5.79. The zero-order valence-electron chi connectivity index (χ0n) is 18.3. The molecule has 0 bridgehead atoms. The summed E-state index contributed by atoms with van der Waals surface area (Å²) in [4.78, 5) is 0. The van der Waals surface area contributed by atoms with Crippen LogP contribution in [0.25, 0.3) is 21.8 Å². The number of allylic oxidation sites excluding steroid dienone is 1. The largest absolute Gasteiger partial charge is 0.390 e. The average molecular weight is 455 g/mol. The molecule has 6 heteroatoms. The predicted molar refractivity (Wildman–Crippen MR) is 136 cm³/mol. The van der Waals surface area contributed by atoms with Crippen molar-refractivity contribution in [3.05, 3.63) is 103 Å². The Hall–Kier alpha value is -3.35. The maximum Gasteiger partial charge on any atom is 0.191 e. The van der Waals surface area contributed by atoms with Gasteiger partial charge in [-0.25, -0.2) is 0 Å². The minimum atomic E-state index is -0.527. The van der Waals surface area contributed by atoms with Crippen molar-refractivity contribution in [2.24, 2.45) is 0 Å². The van der Waals surface area contributed by atoms with Gasteiger partial charge in [0.15, 0.2) is 5.16 Å². The van der Waals surface area contributed by atoms with Crippen LogP contribution in [0.3, 0.4) is 0 Å². The van der Waals surface area contributed by atoms with Crippen LogP contribution in [0.15, 0.2) is 96.7 Å². The minimum absolute atomic E-state index is 0.521. The fraction of sp³-hybridized carbons (Fsp3) is 0.185. The topological polar surface area (TPSA) is 55.9 Å². The first-order valence-corrected chi connectivity index (χ1v) is 12.1. The van der Waals surface area contributed by atoms with Gasteiger partial charge in [-0.15, -0.1) is 16.8 Å². The van der Waals surface area contributed by atoms with Gasteiger partial charge in [-0.3, -0.25) is 0 Å². The van der Waals surface area contributed by atoms with Crippen molar-refractivity contribution in [3.63, 3.8) is 0 Å². The van der Waals surface area contributed by atoms with E-state index in [1.54, 1.807) is 0 Å². The van der Waals surface area contributed by atoms with Crippen LogP contribution in [0.2, 0.25) is 0 Å². The molecule has 0 radical (unpaired) electrons. The molecule has 2 aromatic heterocycles. The Morgan fingerprint density at radius 2 is 1.48 bits per heavy atom. The zero-order chi connectivity index (χ0) is 22.6. The molecule has 0 aliphatic heterocycles. The molecule has 5 nitrogen and oxygen atoms in total. The molecule has 0 amide bonds. The number of aliphatic hydroxyl groups excluding tert-OH is 1. The standard InChI is InChI=1S/C27H26N4OS/c1-2-16-30-26(17-20-10-4-3-5-11-20)28-29-27(30)33-19-21(32)18-31-24-14-8-6-12-22(24)23-13-7-9-15-25(23)31/h2-15,21,32H,1,16-19H2/t21-/m0/s1. The molecule has 0 fully saturated rings. The molecule has 1 atom stereocenters. The summed E-state index contributed by atoms with van der Waals surface area (Å²) in [7, 11) is 0. The van der Waals surface area contributed by atoms with Gasteiger partial charge in [-0.2, -0.15) is 0 Å². The second-order valence-electron chi connectivity index (χ2n) is 8.07. The first-order chi connectivity index (χ1) is 16.2. The quantitative estimate of drug-likeness (QED) is 0.242. The van der Waals surface area contributed by atoms with Crippen molar-refractivity contribution < 1.29 is 5.11 Å². The maximum atomic E-state index is 10.9. The SMILES string of the molecule is C=CCn1c(Cc2ccccc2)nnc1SC[C@@H](O)Cn1c2ccccc2c2ccccc21. The van der Waals surface area contributed by atoms with Crippen LogP contribution in [0.5, 0.6) is 0 Å². The number of thioether (sulfide) groups is 1. The lowest BCUT2D eigenvalue weighted by Gasteiger charge is -2.14. The number of para-hydroxylation sites is 2. The summed E-state index contributed by atoms with van der Waals surface area (Å²) < 4.78 is 4.29. The fourth-order valence-corrected chi connectivity index (χ4v) is 5.16. The highest BCUT2D eigenvalue weighted by molar-refractivity contribution is 7.99. The minimum Gasteiger partial charge on any atom is -0.390 e. The molecule has 0 aliphatic rings. The van der Waals surface area contributed by atoms with Crippen molar-refractivity contribution in [1.29, 1.82) is 0 Å². The van der Waals surface area contributed by atoms with Crippen molar-refractivity contribution in [3.8, 4) is 0 Å². The summed E-state index contributed by atoms with van der Waals surface area (Å²) in [5.74, 6) is 1.43. The van der Waals surface area contributed by atoms with E-state index in [0.29, 0.717) is 25.3 Å². The Balaban J connectivity index is 1.33. The summed E-state index contributed by atoms with van der Waals surface area (Å²) in [5, 5.41) is 23.0. The van der Waals surface area contributed by atoms with Crippen LogP contribution >= 0.6 is 11.8 Å². The number of hydrogen-bond acceptors (Lipinski definition) is 4. The second-order valence-corrected chi connectivity index (χ2v) is 9.06. The molecule has 3 aromatic carbocycles. The van der Waals surface area contributed by atoms with Gasteiger partial charge in [0.05, 0.1) is 12.6 Å². The van der Waals surface area contributed by atoms with Gasteiger partial charge in [0.1, 0.15) is 5.82 Å². The van der Waals surface area contributed by atoms with E-state index in [1.807, 2.05) is 36.4 Å². The van der Waals surface area contributed by atoms with E-state index in [2.05, 4.69) is 74.4 Å². The highest BCUT2D eigenvalue weighted by Crippen LogP contribution is 2.29. The third-order valence-corrected chi connectivity index (χ3v) is 6.90. The molecule has 2 heterocycles. The zero-order valence-corrected chi connectivity index (χ0v) is 19.2. The molecule has 166 valence electrons. The smallest absolute Gasteiger partial charge is 0.191 e. The Morgan fingerprint density at radius 1 is 0.848 bits per heavy atom. The number of nitrogens with zero attached hydrogens (tertiary/aromatic N) is 4. The summed E-state index contributed by atoms with van der Waals surface area (Å²) >= 11 is 1.54. The normalized spacial score (nSPS) is 12.4. The molecule has 5 rings (SSSR count). The number of fused-ring (bicyclic) bond motifs is 3. The van der Waals surface area contributed by atoms with Crippen molar-refractivity contribution in [2.75, 3.05) is 5.75 Å². The predicted octanol–water partition coefficient (Wildman–Crippen LogP) is 5.32.